The standard InChI is InChI=1S/C13H17F2N3O/c1-8-6-11(15)12(7-10(8)14)17-9-2-4-18(5-3-9)13(16)19/h6-7,9,17H,2-5H2,1H3,(H2,16,19). The third kappa shape index (κ3) is 3.13. The quantitative estimate of drug-likeness (QED) is 0.865. The number of nitrogens with zero attached hydrogens (tertiary/aromatic N) is 1. The second-order valence-electron chi connectivity index (χ2n) is 4.83. The Labute approximate surface area is 110 Å². The van der Waals surface area contributed by atoms with E-state index in [-0.39, 0.29) is 17.3 Å². The number of likely N-dealkylation sites (tertiary alicyclic amines) is 1. The monoisotopic (exact) mass is 269 g/mol. The smallest absolute Gasteiger partial charge is 0.314 e. The van der Waals surface area contributed by atoms with Gasteiger partial charge < -0.3 is 16.0 Å². The Hall–Kier alpha value is -1.85. The van der Waals surface area contributed by atoms with E-state index in [4.69, 9.17) is 5.73 Å². The maximum absolute atomic E-state index is 13.7. The molecule has 104 valence electrons. The molecule has 2 rings (SSSR count). The van der Waals surface area contributed by atoms with Gasteiger partial charge in [0.1, 0.15) is 11.6 Å². The minimum atomic E-state index is -0.462. The van der Waals surface area contributed by atoms with Crippen LogP contribution in [0.3, 0.4) is 0 Å². The van der Waals surface area contributed by atoms with Crippen molar-refractivity contribution >= 4 is 11.7 Å². The zero-order chi connectivity index (χ0) is 14.0. The summed E-state index contributed by atoms with van der Waals surface area (Å²) in [6, 6.07) is 1.93. The number of halogens is 2. The van der Waals surface area contributed by atoms with Crippen molar-refractivity contribution in [2.75, 3.05) is 18.4 Å². The van der Waals surface area contributed by atoms with Crippen LogP contribution in [0.4, 0.5) is 19.3 Å². The highest BCUT2D eigenvalue weighted by molar-refractivity contribution is 5.72. The highest BCUT2D eigenvalue weighted by Gasteiger charge is 2.22. The molecule has 1 saturated heterocycles. The largest absolute Gasteiger partial charge is 0.380 e. The molecule has 1 fully saturated rings. The molecule has 1 heterocycles. The lowest BCUT2D eigenvalue weighted by atomic mass is 10.0. The number of nitrogens with one attached hydrogen (secondary N) is 1. The van der Waals surface area contributed by atoms with Gasteiger partial charge in [0.25, 0.3) is 0 Å². The number of hydrogen-bond donors (Lipinski definition) is 2. The SMILES string of the molecule is Cc1cc(F)c(NC2CCN(C(N)=O)CC2)cc1F. The summed E-state index contributed by atoms with van der Waals surface area (Å²) >= 11 is 0. The van der Waals surface area contributed by atoms with Crippen molar-refractivity contribution in [2.45, 2.75) is 25.8 Å². The van der Waals surface area contributed by atoms with Gasteiger partial charge in [-0.3, -0.25) is 0 Å². The van der Waals surface area contributed by atoms with Crippen LogP contribution in [0.1, 0.15) is 18.4 Å². The molecule has 0 aromatic heterocycles. The van der Waals surface area contributed by atoms with Crippen molar-refractivity contribution in [3.63, 3.8) is 0 Å². The van der Waals surface area contributed by atoms with Crippen molar-refractivity contribution in [3.05, 3.63) is 29.3 Å². The number of aryl methyl sites for hydroxylation is 1. The molecule has 0 atom stereocenters. The maximum atomic E-state index is 13.7. The lowest BCUT2D eigenvalue weighted by Gasteiger charge is -2.31. The van der Waals surface area contributed by atoms with Crippen LogP contribution in [0.15, 0.2) is 12.1 Å². The van der Waals surface area contributed by atoms with Gasteiger partial charge in [-0.15, -0.1) is 0 Å². The van der Waals surface area contributed by atoms with E-state index >= 15 is 0 Å². The average molecular weight is 269 g/mol. The first-order chi connectivity index (χ1) is 8.97. The van der Waals surface area contributed by atoms with Crippen LogP contribution in [-0.4, -0.2) is 30.1 Å². The summed E-state index contributed by atoms with van der Waals surface area (Å²) in [7, 11) is 0. The summed E-state index contributed by atoms with van der Waals surface area (Å²) in [6.07, 6.45) is 1.33. The number of urea groups is 1. The van der Waals surface area contributed by atoms with Crippen LogP contribution in [0.2, 0.25) is 0 Å². The number of benzene rings is 1. The Kier molecular flexibility index (Phi) is 3.87. The van der Waals surface area contributed by atoms with Crippen molar-refractivity contribution in [1.82, 2.24) is 4.90 Å². The molecule has 2 amide bonds. The highest BCUT2D eigenvalue weighted by atomic mass is 19.1. The van der Waals surface area contributed by atoms with Gasteiger partial charge in [-0.2, -0.15) is 0 Å². The van der Waals surface area contributed by atoms with Crippen molar-refractivity contribution < 1.29 is 13.6 Å². The average Bonchev–Trinajstić information content (AvgIpc) is 2.36. The second-order valence-corrected chi connectivity index (χ2v) is 4.83. The molecular formula is C13H17F2N3O. The highest BCUT2D eigenvalue weighted by Crippen LogP contribution is 2.22. The normalized spacial score (nSPS) is 16.5. The van der Waals surface area contributed by atoms with E-state index in [9.17, 15) is 13.6 Å². The zero-order valence-electron chi connectivity index (χ0n) is 10.7. The van der Waals surface area contributed by atoms with Crippen LogP contribution >= 0.6 is 0 Å². The number of nitrogens with two attached hydrogens (primary N) is 1. The van der Waals surface area contributed by atoms with E-state index < -0.39 is 17.7 Å². The van der Waals surface area contributed by atoms with E-state index in [1.54, 1.807) is 4.90 Å². The molecule has 0 saturated carbocycles. The van der Waals surface area contributed by atoms with Gasteiger partial charge in [-0.1, -0.05) is 0 Å². The minimum absolute atomic E-state index is 0.0206. The molecule has 19 heavy (non-hydrogen) atoms. The van der Waals surface area contributed by atoms with E-state index in [2.05, 4.69) is 5.32 Å². The molecule has 1 aliphatic heterocycles. The first kappa shape index (κ1) is 13.6. The lowest BCUT2D eigenvalue weighted by Crippen LogP contribution is -2.44. The van der Waals surface area contributed by atoms with Crippen LogP contribution in [0.5, 0.6) is 0 Å². The van der Waals surface area contributed by atoms with Gasteiger partial charge in [0.15, 0.2) is 0 Å². The molecule has 0 aliphatic carbocycles. The summed E-state index contributed by atoms with van der Waals surface area (Å²) in [4.78, 5) is 12.5. The topological polar surface area (TPSA) is 58.4 Å². The van der Waals surface area contributed by atoms with E-state index in [1.807, 2.05) is 0 Å². The van der Waals surface area contributed by atoms with Gasteiger partial charge in [0, 0.05) is 25.2 Å². The molecule has 1 aliphatic rings. The van der Waals surface area contributed by atoms with Gasteiger partial charge in [0.05, 0.1) is 5.69 Å². The summed E-state index contributed by atoms with van der Waals surface area (Å²) in [5.74, 6) is -0.894. The van der Waals surface area contributed by atoms with Gasteiger partial charge in [-0.05, 0) is 31.4 Å². The predicted octanol–water partition coefficient (Wildman–Crippen LogP) is 2.23. The van der Waals surface area contributed by atoms with Crippen molar-refractivity contribution in [1.29, 1.82) is 0 Å². The summed E-state index contributed by atoms with van der Waals surface area (Å²) in [5, 5.41) is 2.98. The fraction of sp³-hybridized carbons (Fsp3) is 0.462. The number of anilines is 1. The van der Waals surface area contributed by atoms with Crippen molar-refractivity contribution in [2.24, 2.45) is 5.73 Å². The Morgan fingerprint density at radius 1 is 1.32 bits per heavy atom. The molecule has 3 N–H and O–H groups in total. The fourth-order valence-electron chi connectivity index (χ4n) is 2.22. The van der Waals surface area contributed by atoms with Crippen LogP contribution in [0.25, 0.3) is 0 Å². The summed E-state index contributed by atoms with van der Waals surface area (Å²) < 4.78 is 27.1. The molecule has 0 bridgehead atoms. The minimum Gasteiger partial charge on any atom is -0.380 e. The molecule has 1 aromatic rings. The van der Waals surface area contributed by atoms with Gasteiger partial charge >= 0.3 is 6.03 Å². The number of primary amides is 1. The molecule has 6 heteroatoms. The van der Waals surface area contributed by atoms with Crippen molar-refractivity contribution in [3.8, 4) is 0 Å². The van der Waals surface area contributed by atoms with Crippen LogP contribution < -0.4 is 11.1 Å². The Balaban J connectivity index is 1.99. The molecule has 1 aromatic carbocycles. The second kappa shape index (κ2) is 5.42. The Morgan fingerprint density at radius 3 is 2.53 bits per heavy atom. The molecule has 4 nitrogen and oxygen atoms in total. The van der Waals surface area contributed by atoms with Crippen LogP contribution in [-0.2, 0) is 0 Å². The third-order valence-corrected chi connectivity index (χ3v) is 3.41. The number of rotatable bonds is 2. The first-order valence-corrected chi connectivity index (χ1v) is 6.24. The molecule has 0 spiro atoms. The first-order valence-electron chi connectivity index (χ1n) is 6.24. The van der Waals surface area contributed by atoms with E-state index in [0.29, 0.717) is 25.9 Å². The van der Waals surface area contributed by atoms with E-state index in [0.717, 1.165) is 0 Å². The summed E-state index contributed by atoms with van der Waals surface area (Å²) in [5.41, 5.74) is 5.63. The zero-order valence-corrected chi connectivity index (χ0v) is 10.7. The number of amides is 2. The maximum Gasteiger partial charge on any atom is 0.314 e. The predicted molar refractivity (Wildman–Crippen MR) is 68.9 cm³/mol. The summed E-state index contributed by atoms with van der Waals surface area (Å²) in [6.45, 7) is 2.58. The Morgan fingerprint density at radius 2 is 1.95 bits per heavy atom. The number of piperidine rings is 1. The number of carbonyl (C=O) groups is 1. The number of carbonyl (C=O) groups excluding carboxylic acids is 1. The van der Waals surface area contributed by atoms with Gasteiger partial charge in [0.2, 0.25) is 0 Å². The lowest BCUT2D eigenvalue weighted by molar-refractivity contribution is 0.193. The molecule has 0 unspecified atom stereocenters. The van der Waals surface area contributed by atoms with Gasteiger partial charge in [-0.25, -0.2) is 13.6 Å². The Bertz CT molecular complexity index is 485. The molecular weight excluding hydrogens is 252 g/mol. The third-order valence-electron chi connectivity index (χ3n) is 3.41. The fourth-order valence-corrected chi connectivity index (χ4v) is 2.22. The molecule has 0 radical (unpaired) electrons. The van der Waals surface area contributed by atoms with E-state index in [1.165, 1.54) is 19.1 Å². The van der Waals surface area contributed by atoms with Crippen LogP contribution in [0, 0.1) is 18.6 Å². The number of hydrogen-bond acceptors (Lipinski definition) is 2.